The monoisotopic (exact) mass is 458 g/mol. The Hall–Kier alpha value is -2.97. The van der Waals surface area contributed by atoms with Gasteiger partial charge < -0.3 is 9.64 Å². The third-order valence-electron chi connectivity index (χ3n) is 4.86. The predicted molar refractivity (Wildman–Crippen MR) is 119 cm³/mol. The summed E-state index contributed by atoms with van der Waals surface area (Å²) in [5, 5.41) is 28.4. The summed E-state index contributed by atoms with van der Waals surface area (Å²) in [5.41, 5.74) is 0.173. The first kappa shape index (κ1) is 24.3. The van der Waals surface area contributed by atoms with Crippen molar-refractivity contribution in [3.05, 3.63) is 46.7 Å². The number of ether oxygens (including phenoxy) is 1. The topological polar surface area (TPSA) is 127 Å². The van der Waals surface area contributed by atoms with Gasteiger partial charge in [0.25, 0.3) is 0 Å². The van der Waals surface area contributed by atoms with E-state index in [-0.39, 0.29) is 16.9 Å². The van der Waals surface area contributed by atoms with Gasteiger partial charge in [0.15, 0.2) is 16.9 Å². The second kappa shape index (κ2) is 9.89. The largest absolute Gasteiger partial charge is 0.477 e. The van der Waals surface area contributed by atoms with Crippen molar-refractivity contribution in [3.63, 3.8) is 0 Å². The maximum atomic E-state index is 11.9. The van der Waals surface area contributed by atoms with Crippen molar-refractivity contribution < 1.29 is 17.3 Å². The van der Waals surface area contributed by atoms with Gasteiger partial charge in [-0.3, -0.25) is 4.18 Å². The number of nitrogens with zero attached hydrogens (tertiary/aromatic N) is 4. The molecule has 0 N–H and O–H groups in total. The van der Waals surface area contributed by atoms with Crippen LogP contribution in [0, 0.1) is 34.0 Å². The Labute approximate surface area is 186 Å². The van der Waals surface area contributed by atoms with E-state index in [9.17, 15) is 24.2 Å². The molecular weight excluding hydrogens is 436 g/mol. The average molecular weight is 459 g/mol. The van der Waals surface area contributed by atoms with Gasteiger partial charge in [-0.15, -0.1) is 0 Å². The molecule has 0 fully saturated rings. The second-order valence-electron chi connectivity index (χ2n) is 6.68. The molecule has 0 bridgehead atoms. The fourth-order valence-electron chi connectivity index (χ4n) is 3.33. The molecule has 1 aromatic carbocycles. The van der Waals surface area contributed by atoms with E-state index in [4.69, 9.17) is 8.92 Å². The van der Waals surface area contributed by atoms with E-state index in [0.717, 1.165) is 18.8 Å². The first-order chi connectivity index (χ1) is 14.7. The minimum atomic E-state index is -3.87. The van der Waals surface area contributed by atoms with Crippen LogP contribution in [0.5, 0.6) is 0 Å². The third kappa shape index (κ3) is 5.03. The first-order valence-corrected chi connectivity index (χ1v) is 12.5. The summed E-state index contributed by atoms with van der Waals surface area (Å²) < 4.78 is 34.7. The highest BCUT2D eigenvalue weighted by Crippen LogP contribution is 2.46. The van der Waals surface area contributed by atoms with Crippen LogP contribution < -0.4 is 4.90 Å². The van der Waals surface area contributed by atoms with Crippen LogP contribution in [0.4, 0.5) is 5.69 Å². The van der Waals surface area contributed by atoms with E-state index in [1.54, 1.807) is 31.2 Å². The van der Waals surface area contributed by atoms with E-state index >= 15 is 0 Å². The predicted octanol–water partition coefficient (Wildman–Crippen LogP) is 3.52. The molecule has 0 saturated carbocycles. The fourth-order valence-corrected chi connectivity index (χ4v) is 4.22. The first-order valence-electron chi connectivity index (χ1n) is 9.39. The molecule has 1 unspecified atom stereocenters. The van der Waals surface area contributed by atoms with Gasteiger partial charge in [-0.05, 0) is 55.5 Å². The second-order valence-corrected chi connectivity index (χ2v) is 10.3. The van der Waals surface area contributed by atoms with Gasteiger partial charge >= 0.3 is 9.15 Å². The van der Waals surface area contributed by atoms with Crippen LogP contribution in [-0.2, 0) is 18.1 Å². The van der Waals surface area contributed by atoms with E-state index in [1.807, 2.05) is 32.0 Å². The zero-order valence-corrected chi connectivity index (χ0v) is 19.3. The zero-order valence-electron chi connectivity index (χ0n) is 17.7. The van der Waals surface area contributed by atoms with E-state index in [2.05, 4.69) is 4.90 Å². The van der Waals surface area contributed by atoms with E-state index in [0.29, 0.717) is 21.9 Å². The number of allylic oxidation sites excluding steroid dienone is 2. The SMILES string of the molecule is CCN(CC)c1ccc(C2=C(C#N)C(=C(C#N)C#N)OC2(C)COS(=O)(=O)SC)cc1. The Kier molecular flexibility index (Phi) is 7.75. The molecule has 0 amide bonds. The number of nitriles is 3. The summed E-state index contributed by atoms with van der Waals surface area (Å²) in [4.78, 5) is 2.15. The molecule has 0 aliphatic carbocycles. The van der Waals surface area contributed by atoms with Gasteiger partial charge in [0.05, 0.1) is 0 Å². The molecule has 1 atom stereocenters. The molecule has 1 aliphatic heterocycles. The van der Waals surface area contributed by atoms with Crippen molar-refractivity contribution in [1.29, 1.82) is 15.8 Å². The maximum Gasteiger partial charge on any atom is 0.322 e. The summed E-state index contributed by atoms with van der Waals surface area (Å²) >= 11 is 0. The Balaban J connectivity index is 2.67. The lowest BCUT2D eigenvalue weighted by Crippen LogP contribution is -2.33. The van der Waals surface area contributed by atoms with Crippen molar-refractivity contribution >= 4 is 31.2 Å². The van der Waals surface area contributed by atoms with Crippen LogP contribution in [0.1, 0.15) is 26.3 Å². The fraction of sp³-hybridized carbons (Fsp3) is 0.381. The van der Waals surface area contributed by atoms with Gasteiger partial charge in [0.2, 0.25) is 0 Å². The lowest BCUT2D eigenvalue weighted by atomic mass is 9.88. The lowest BCUT2D eigenvalue weighted by Gasteiger charge is -2.27. The van der Waals surface area contributed by atoms with Crippen LogP contribution in [0.2, 0.25) is 0 Å². The summed E-state index contributed by atoms with van der Waals surface area (Å²) in [6.45, 7) is 6.87. The minimum absolute atomic E-state index is 0.00124. The average Bonchev–Trinajstić information content (AvgIpc) is 3.07. The highest BCUT2D eigenvalue weighted by atomic mass is 33.1. The molecule has 2 rings (SSSR count). The van der Waals surface area contributed by atoms with Crippen molar-refractivity contribution in [2.75, 3.05) is 30.9 Å². The molecular formula is C21H22N4O4S2. The molecule has 0 spiro atoms. The Morgan fingerprint density at radius 3 is 2.19 bits per heavy atom. The summed E-state index contributed by atoms with van der Waals surface area (Å²) in [5.74, 6) is -0.178. The lowest BCUT2D eigenvalue weighted by molar-refractivity contribution is 0.0468. The highest BCUT2D eigenvalue weighted by molar-refractivity contribution is 8.70. The van der Waals surface area contributed by atoms with Crippen molar-refractivity contribution in [3.8, 4) is 18.2 Å². The van der Waals surface area contributed by atoms with Crippen LogP contribution in [0.3, 0.4) is 0 Å². The summed E-state index contributed by atoms with van der Waals surface area (Å²) in [7, 11) is -3.34. The van der Waals surface area contributed by atoms with E-state index < -0.39 is 21.4 Å². The minimum Gasteiger partial charge on any atom is -0.477 e. The normalized spacial score (nSPS) is 18.0. The van der Waals surface area contributed by atoms with E-state index in [1.165, 1.54) is 6.26 Å². The molecule has 0 radical (unpaired) electrons. The van der Waals surface area contributed by atoms with Crippen LogP contribution in [-0.4, -0.2) is 40.0 Å². The van der Waals surface area contributed by atoms with Gasteiger partial charge in [-0.2, -0.15) is 24.2 Å². The molecule has 1 aliphatic rings. The van der Waals surface area contributed by atoms with Crippen LogP contribution in [0.25, 0.3) is 5.57 Å². The molecule has 8 nitrogen and oxygen atoms in total. The van der Waals surface area contributed by atoms with Crippen molar-refractivity contribution in [1.82, 2.24) is 0 Å². The maximum absolute atomic E-state index is 11.9. The Morgan fingerprint density at radius 2 is 1.74 bits per heavy atom. The zero-order chi connectivity index (χ0) is 23.2. The van der Waals surface area contributed by atoms with Gasteiger partial charge in [0, 0.05) is 24.4 Å². The summed E-state index contributed by atoms with van der Waals surface area (Å²) in [6, 6.07) is 12.8. The number of benzene rings is 1. The molecule has 1 aromatic rings. The van der Waals surface area contributed by atoms with Gasteiger partial charge in [0.1, 0.15) is 30.4 Å². The standard InChI is InChI=1S/C21H22N4O4S2/c1-5-25(6-2)17-9-7-15(8-10-17)19-18(13-24)20(16(11-22)12-23)29-21(19,3)14-28-31(26,27)30-4/h7-10H,5-6,14H2,1-4H3. The highest BCUT2D eigenvalue weighted by Gasteiger charge is 2.45. The molecule has 10 heteroatoms. The van der Waals surface area contributed by atoms with Crippen LogP contribution in [0.15, 0.2) is 41.2 Å². The van der Waals surface area contributed by atoms with Gasteiger partial charge in [-0.25, -0.2) is 0 Å². The number of anilines is 1. The Bertz CT molecular complexity index is 1120. The molecule has 162 valence electrons. The molecule has 1 heterocycles. The number of hydrogen-bond acceptors (Lipinski definition) is 9. The number of rotatable bonds is 8. The van der Waals surface area contributed by atoms with Crippen molar-refractivity contribution in [2.45, 2.75) is 26.4 Å². The smallest absolute Gasteiger partial charge is 0.322 e. The van der Waals surface area contributed by atoms with Gasteiger partial charge in [-0.1, -0.05) is 12.1 Å². The number of hydrogen-bond donors (Lipinski definition) is 0. The van der Waals surface area contributed by atoms with Crippen molar-refractivity contribution in [2.24, 2.45) is 0 Å². The third-order valence-corrected chi connectivity index (χ3v) is 7.19. The Morgan fingerprint density at radius 1 is 1.16 bits per heavy atom. The molecule has 31 heavy (non-hydrogen) atoms. The summed E-state index contributed by atoms with van der Waals surface area (Å²) in [6.07, 6.45) is 1.37. The quantitative estimate of drug-likeness (QED) is 0.424. The molecule has 0 aromatic heterocycles. The van der Waals surface area contributed by atoms with Crippen LogP contribution >= 0.6 is 10.8 Å². The molecule has 0 saturated heterocycles.